The Labute approximate surface area is 108 Å². The van der Waals surface area contributed by atoms with Crippen molar-refractivity contribution in [3.05, 3.63) is 59.1 Å². The molecule has 0 radical (unpaired) electrons. The molecule has 0 saturated heterocycles. The molecular formula is C13H12ClNOS. The second-order valence-electron chi connectivity index (χ2n) is 3.66. The zero-order valence-electron chi connectivity index (χ0n) is 9.10. The van der Waals surface area contributed by atoms with Gasteiger partial charge in [0.05, 0.1) is 27.3 Å². The van der Waals surface area contributed by atoms with Crippen LogP contribution in [0.4, 0.5) is 5.69 Å². The third kappa shape index (κ3) is 3.08. The predicted molar refractivity (Wildman–Crippen MR) is 72.4 cm³/mol. The van der Waals surface area contributed by atoms with Gasteiger partial charge in [-0.15, -0.1) is 0 Å². The Balaban J connectivity index is 2.16. The van der Waals surface area contributed by atoms with Gasteiger partial charge in [-0.3, -0.25) is 4.21 Å². The number of hydrogen-bond acceptors (Lipinski definition) is 2. The summed E-state index contributed by atoms with van der Waals surface area (Å²) in [5, 5.41) is 0.527. The maximum absolute atomic E-state index is 12.0. The standard InChI is InChI=1S/C13H12ClNOS/c14-12-7-6-10(8-13(12)15)9-17(16)11-4-2-1-3-5-11/h1-8H,9,15H2. The lowest BCUT2D eigenvalue weighted by Gasteiger charge is -2.04. The first-order valence-corrected chi connectivity index (χ1v) is 6.84. The maximum Gasteiger partial charge on any atom is 0.0635 e. The van der Waals surface area contributed by atoms with Gasteiger partial charge in [0.25, 0.3) is 0 Å². The molecule has 0 aromatic heterocycles. The van der Waals surface area contributed by atoms with Crippen LogP contribution in [0.25, 0.3) is 0 Å². The Bertz CT molecular complexity index is 542. The number of nitrogen functional groups attached to an aromatic ring is 1. The molecule has 0 aliphatic rings. The van der Waals surface area contributed by atoms with Crippen molar-refractivity contribution in [1.29, 1.82) is 0 Å². The Morgan fingerprint density at radius 1 is 1.12 bits per heavy atom. The average Bonchev–Trinajstić information content (AvgIpc) is 2.35. The molecule has 0 heterocycles. The second-order valence-corrected chi connectivity index (χ2v) is 5.52. The molecule has 2 aromatic rings. The van der Waals surface area contributed by atoms with Crippen molar-refractivity contribution in [3.8, 4) is 0 Å². The number of hydrogen-bond donors (Lipinski definition) is 1. The highest BCUT2D eigenvalue weighted by Crippen LogP contribution is 2.21. The summed E-state index contributed by atoms with van der Waals surface area (Å²) in [5.74, 6) is 0.450. The van der Waals surface area contributed by atoms with E-state index in [1.165, 1.54) is 0 Å². The molecule has 2 rings (SSSR count). The zero-order chi connectivity index (χ0) is 12.3. The molecule has 0 amide bonds. The Morgan fingerprint density at radius 2 is 1.82 bits per heavy atom. The number of rotatable bonds is 3. The van der Waals surface area contributed by atoms with Crippen molar-refractivity contribution < 1.29 is 4.21 Å². The first kappa shape index (κ1) is 12.1. The van der Waals surface area contributed by atoms with Gasteiger partial charge in [0.1, 0.15) is 0 Å². The van der Waals surface area contributed by atoms with Crippen LogP contribution in [0.3, 0.4) is 0 Å². The molecule has 2 nitrogen and oxygen atoms in total. The molecule has 0 aliphatic carbocycles. The van der Waals surface area contributed by atoms with Crippen molar-refractivity contribution >= 4 is 28.1 Å². The van der Waals surface area contributed by atoms with Crippen LogP contribution in [-0.2, 0) is 16.6 Å². The van der Waals surface area contributed by atoms with E-state index in [1.807, 2.05) is 36.4 Å². The molecule has 1 atom stereocenters. The summed E-state index contributed by atoms with van der Waals surface area (Å²) in [6.07, 6.45) is 0. The van der Waals surface area contributed by atoms with Crippen molar-refractivity contribution in [3.63, 3.8) is 0 Å². The molecule has 0 fully saturated rings. The van der Waals surface area contributed by atoms with Gasteiger partial charge in [-0.2, -0.15) is 0 Å². The fraction of sp³-hybridized carbons (Fsp3) is 0.0769. The molecule has 88 valence electrons. The molecule has 0 spiro atoms. The highest BCUT2D eigenvalue weighted by molar-refractivity contribution is 7.84. The highest BCUT2D eigenvalue weighted by Gasteiger charge is 2.05. The van der Waals surface area contributed by atoms with Crippen LogP contribution < -0.4 is 5.73 Å². The third-order valence-electron chi connectivity index (χ3n) is 2.36. The van der Waals surface area contributed by atoms with E-state index in [-0.39, 0.29) is 0 Å². The smallest absolute Gasteiger partial charge is 0.0635 e. The van der Waals surface area contributed by atoms with Gasteiger partial charge in [0.2, 0.25) is 0 Å². The van der Waals surface area contributed by atoms with Crippen molar-refractivity contribution in [2.24, 2.45) is 0 Å². The van der Waals surface area contributed by atoms with E-state index in [9.17, 15) is 4.21 Å². The molecule has 2 N–H and O–H groups in total. The van der Waals surface area contributed by atoms with Crippen LogP contribution in [0.2, 0.25) is 5.02 Å². The lowest BCUT2D eigenvalue weighted by molar-refractivity contribution is 0.682. The first-order chi connectivity index (χ1) is 8.16. The number of halogens is 1. The fourth-order valence-electron chi connectivity index (χ4n) is 1.49. The summed E-state index contributed by atoms with van der Waals surface area (Å²) in [6.45, 7) is 0. The minimum Gasteiger partial charge on any atom is -0.398 e. The van der Waals surface area contributed by atoms with E-state index in [1.54, 1.807) is 12.1 Å². The quantitative estimate of drug-likeness (QED) is 0.866. The van der Waals surface area contributed by atoms with Crippen molar-refractivity contribution in [2.45, 2.75) is 10.6 Å². The van der Waals surface area contributed by atoms with E-state index >= 15 is 0 Å². The van der Waals surface area contributed by atoms with Gasteiger partial charge in [0, 0.05) is 4.90 Å². The third-order valence-corrected chi connectivity index (χ3v) is 4.10. The summed E-state index contributed by atoms with van der Waals surface area (Å²) in [6, 6.07) is 14.7. The van der Waals surface area contributed by atoms with Crippen LogP contribution in [-0.4, -0.2) is 4.21 Å². The molecular weight excluding hydrogens is 254 g/mol. The van der Waals surface area contributed by atoms with E-state index in [2.05, 4.69) is 0 Å². The van der Waals surface area contributed by atoms with Crippen LogP contribution in [0.15, 0.2) is 53.4 Å². The van der Waals surface area contributed by atoms with Crippen molar-refractivity contribution in [2.75, 3.05) is 5.73 Å². The Morgan fingerprint density at radius 3 is 2.47 bits per heavy atom. The topological polar surface area (TPSA) is 43.1 Å². The lowest BCUT2D eigenvalue weighted by Crippen LogP contribution is -1.97. The van der Waals surface area contributed by atoms with Gasteiger partial charge >= 0.3 is 0 Å². The predicted octanol–water partition coefficient (Wildman–Crippen LogP) is 3.23. The molecule has 1 unspecified atom stereocenters. The van der Waals surface area contributed by atoms with Gasteiger partial charge in [-0.25, -0.2) is 0 Å². The zero-order valence-corrected chi connectivity index (χ0v) is 10.7. The van der Waals surface area contributed by atoms with Crippen LogP contribution >= 0.6 is 11.6 Å². The SMILES string of the molecule is Nc1cc(CS(=O)c2ccccc2)ccc1Cl. The number of nitrogens with two attached hydrogens (primary N) is 1. The monoisotopic (exact) mass is 265 g/mol. The second kappa shape index (κ2) is 5.34. The van der Waals surface area contributed by atoms with Gasteiger partial charge in [-0.1, -0.05) is 35.9 Å². The van der Waals surface area contributed by atoms with Gasteiger partial charge in [0.15, 0.2) is 0 Å². The summed E-state index contributed by atoms with van der Waals surface area (Å²) < 4.78 is 12.0. The average molecular weight is 266 g/mol. The molecule has 2 aromatic carbocycles. The highest BCUT2D eigenvalue weighted by atomic mass is 35.5. The van der Waals surface area contributed by atoms with Crippen LogP contribution in [0.5, 0.6) is 0 Å². The summed E-state index contributed by atoms with van der Waals surface area (Å²) in [7, 11) is -1.05. The fourth-order valence-corrected chi connectivity index (χ4v) is 2.72. The number of anilines is 1. The molecule has 17 heavy (non-hydrogen) atoms. The van der Waals surface area contributed by atoms with E-state index in [0.717, 1.165) is 10.5 Å². The molecule has 4 heteroatoms. The summed E-state index contributed by atoms with van der Waals surface area (Å²) in [5.41, 5.74) is 7.15. The van der Waals surface area contributed by atoms with E-state index in [4.69, 9.17) is 17.3 Å². The number of benzene rings is 2. The maximum atomic E-state index is 12.0. The summed E-state index contributed by atoms with van der Waals surface area (Å²) in [4.78, 5) is 0.820. The Hall–Kier alpha value is -1.32. The van der Waals surface area contributed by atoms with Crippen LogP contribution in [0, 0.1) is 0 Å². The lowest BCUT2D eigenvalue weighted by atomic mass is 10.2. The Kier molecular flexibility index (Phi) is 3.82. The van der Waals surface area contributed by atoms with E-state index in [0.29, 0.717) is 16.5 Å². The molecule has 0 saturated carbocycles. The minimum atomic E-state index is -1.05. The largest absolute Gasteiger partial charge is 0.398 e. The van der Waals surface area contributed by atoms with Gasteiger partial charge < -0.3 is 5.73 Å². The van der Waals surface area contributed by atoms with E-state index < -0.39 is 10.8 Å². The minimum absolute atomic E-state index is 0.450. The molecule has 0 bridgehead atoms. The normalized spacial score (nSPS) is 12.3. The molecule has 0 aliphatic heterocycles. The van der Waals surface area contributed by atoms with Crippen LogP contribution in [0.1, 0.15) is 5.56 Å². The summed E-state index contributed by atoms with van der Waals surface area (Å²) >= 11 is 5.83. The first-order valence-electron chi connectivity index (χ1n) is 5.14. The van der Waals surface area contributed by atoms with Crippen molar-refractivity contribution in [1.82, 2.24) is 0 Å². The van der Waals surface area contributed by atoms with Gasteiger partial charge in [-0.05, 0) is 29.8 Å².